The lowest BCUT2D eigenvalue weighted by atomic mass is 9.33. The highest BCUT2D eigenvalue weighted by Gasteiger charge is 2.70. The van der Waals surface area contributed by atoms with E-state index in [2.05, 4.69) is 41.5 Å². The van der Waals surface area contributed by atoms with Crippen LogP contribution in [0.2, 0.25) is 0 Å². The second-order valence-corrected chi connectivity index (χ2v) is 20.8. The van der Waals surface area contributed by atoms with Crippen molar-refractivity contribution in [2.75, 3.05) is 25.7 Å². The van der Waals surface area contributed by atoms with E-state index in [-0.39, 0.29) is 75.3 Å². The van der Waals surface area contributed by atoms with E-state index in [9.17, 15) is 19.2 Å². The molecule has 9 nitrogen and oxygen atoms in total. The topological polar surface area (TPSA) is 131 Å². The van der Waals surface area contributed by atoms with Gasteiger partial charge in [0.05, 0.1) is 19.1 Å². The molecule has 0 radical (unpaired) electrons. The van der Waals surface area contributed by atoms with Crippen LogP contribution in [0.5, 0.6) is 11.5 Å². The van der Waals surface area contributed by atoms with Crippen molar-refractivity contribution in [3.8, 4) is 11.5 Å². The van der Waals surface area contributed by atoms with Crippen LogP contribution < -0.4 is 15.2 Å². The molecule has 10 atom stereocenters. The molecule has 10 heteroatoms. The first-order valence-corrected chi connectivity index (χ1v) is 22.6. The minimum Gasteiger partial charge on any atom is -0.493 e. The van der Waals surface area contributed by atoms with Crippen LogP contribution in [-0.2, 0) is 28.7 Å². The van der Waals surface area contributed by atoms with E-state index >= 15 is 0 Å². The monoisotopic (exact) mass is 805 g/mol. The SMILES string of the molecule is CCOC(=O)/C=C/c1ccc(OC)c(OC(=O)[C@@]2(C)CC[C@]3(C)CC[C@]4(C)C(=CC(=O)[C@@H]5[C@@]6(C)CC[C@H](OC(=O)[C@@H](N)CCSC)C(C)(C)[C@@H]6CC[C@]54C)[C@H]3C2)c1. The number of hydrogen-bond donors (Lipinski definition) is 1. The number of ketones is 1. The molecule has 0 spiro atoms. The first-order chi connectivity index (χ1) is 26.7. The Bertz CT molecular complexity index is 1820. The molecule has 0 aromatic heterocycles. The van der Waals surface area contributed by atoms with Gasteiger partial charge >= 0.3 is 17.9 Å². The van der Waals surface area contributed by atoms with Crippen molar-refractivity contribution >= 4 is 41.5 Å². The Morgan fingerprint density at radius 1 is 0.965 bits per heavy atom. The van der Waals surface area contributed by atoms with Crippen LogP contribution in [-0.4, -0.2) is 61.6 Å². The summed E-state index contributed by atoms with van der Waals surface area (Å²) in [7, 11) is 1.54. The number of ether oxygens (including phenoxy) is 4. The van der Waals surface area contributed by atoms with Crippen molar-refractivity contribution in [2.24, 2.45) is 56.0 Å². The van der Waals surface area contributed by atoms with E-state index in [1.807, 2.05) is 19.3 Å². The summed E-state index contributed by atoms with van der Waals surface area (Å²) < 4.78 is 23.0. The lowest BCUT2D eigenvalue weighted by Crippen LogP contribution is -2.67. The van der Waals surface area contributed by atoms with Crippen molar-refractivity contribution in [1.29, 1.82) is 0 Å². The van der Waals surface area contributed by atoms with E-state index in [1.54, 1.807) is 43.0 Å². The fraction of sp³-hybridized carbons (Fsp3) is 0.702. The number of nitrogens with two attached hydrogens (primary N) is 1. The average Bonchev–Trinajstić information content (AvgIpc) is 3.15. The van der Waals surface area contributed by atoms with E-state index < -0.39 is 17.4 Å². The van der Waals surface area contributed by atoms with E-state index in [4.69, 9.17) is 24.7 Å². The fourth-order valence-corrected chi connectivity index (χ4v) is 13.1. The zero-order chi connectivity index (χ0) is 41.8. The Morgan fingerprint density at radius 3 is 2.37 bits per heavy atom. The van der Waals surface area contributed by atoms with Crippen molar-refractivity contribution in [1.82, 2.24) is 0 Å². The van der Waals surface area contributed by atoms with Crippen LogP contribution in [0.25, 0.3) is 6.08 Å². The number of esters is 3. The maximum absolute atomic E-state index is 15.0. The van der Waals surface area contributed by atoms with E-state index in [0.29, 0.717) is 42.7 Å². The van der Waals surface area contributed by atoms with Crippen molar-refractivity contribution in [2.45, 2.75) is 132 Å². The van der Waals surface area contributed by atoms with Crippen LogP contribution in [0.3, 0.4) is 0 Å². The molecule has 6 rings (SSSR count). The van der Waals surface area contributed by atoms with Crippen molar-refractivity contribution in [3.05, 3.63) is 41.5 Å². The molecule has 0 unspecified atom stereocenters. The van der Waals surface area contributed by atoms with Gasteiger partial charge in [-0.05, 0) is 153 Å². The normalized spacial score (nSPS) is 37.4. The van der Waals surface area contributed by atoms with Gasteiger partial charge in [-0.25, -0.2) is 4.79 Å². The molecule has 0 aliphatic heterocycles. The molecule has 1 aromatic carbocycles. The molecule has 1 aromatic rings. The number of hydrogen-bond acceptors (Lipinski definition) is 10. The van der Waals surface area contributed by atoms with Crippen molar-refractivity contribution in [3.63, 3.8) is 0 Å². The molecule has 0 amide bonds. The molecule has 5 aliphatic rings. The predicted molar refractivity (Wildman–Crippen MR) is 225 cm³/mol. The van der Waals surface area contributed by atoms with Gasteiger partial charge in [-0.2, -0.15) is 11.8 Å². The number of carbonyl (C=O) groups is 4. The summed E-state index contributed by atoms with van der Waals surface area (Å²) in [5, 5.41) is 0. The molecule has 0 heterocycles. The van der Waals surface area contributed by atoms with Gasteiger partial charge in [0.15, 0.2) is 17.3 Å². The number of thioether (sulfide) groups is 1. The number of allylic oxidation sites excluding steroid dienone is 2. The van der Waals surface area contributed by atoms with Gasteiger partial charge in [0.1, 0.15) is 12.1 Å². The number of methoxy groups -OCH3 is 1. The second-order valence-electron chi connectivity index (χ2n) is 19.8. The molecule has 57 heavy (non-hydrogen) atoms. The minimum atomic E-state index is -0.784. The largest absolute Gasteiger partial charge is 0.493 e. The molecule has 4 saturated carbocycles. The highest BCUT2D eigenvalue weighted by Crippen LogP contribution is 2.75. The summed E-state index contributed by atoms with van der Waals surface area (Å²) in [5.74, 6) is 0.797. The van der Waals surface area contributed by atoms with Gasteiger partial charge in [-0.3, -0.25) is 14.4 Å². The maximum atomic E-state index is 15.0. The minimum absolute atomic E-state index is 0.0359. The maximum Gasteiger partial charge on any atom is 0.330 e. The van der Waals surface area contributed by atoms with Gasteiger partial charge in [-0.15, -0.1) is 0 Å². The summed E-state index contributed by atoms with van der Waals surface area (Å²) in [4.78, 5) is 54.4. The van der Waals surface area contributed by atoms with E-state index in [0.717, 1.165) is 44.3 Å². The lowest BCUT2D eigenvalue weighted by molar-refractivity contribution is -0.211. The number of carbonyl (C=O) groups excluding carboxylic acids is 4. The van der Waals surface area contributed by atoms with Crippen LogP contribution >= 0.6 is 11.8 Å². The Labute approximate surface area is 345 Å². The highest BCUT2D eigenvalue weighted by molar-refractivity contribution is 7.98. The molecule has 314 valence electrons. The van der Waals surface area contributed by atoms with Gasteiger partial charge in [0, 0.05) is 17.4 Å². The van der Waals surface area contributed by atoms with Crippen LogP contribution in [0.1, 0.15) is 125 Å². The zero-order valence-corrected chi connectivity index (χ0v) is 36.9. The third-order valence-corrected chi connectivity index (χ3v) is 16.9. The third-order valence-electron chi connectivity index (χ3n) is 16.3. The average molecular weight is 806 g/mol. The summed E-state index contributed by atoms with van der Waals surface area (Å²) in [6.07, 6.45) is 15.0. The summed E-state index contributed by atoms with van der Waals surface area (Å²) >= 11 is 1.67. The summed E-state index contributed by atoms with van der Waals surface area (Å²) in [5.41, 5.74) is 6.28. The van der Waals surface area contributed by atoms with Gasteiger partial charge in [0.2, 0.25) is 0 Å². The summed E-state index contributed by atoms with van der Waals surface area (Å²) in [6, 6.07) is 4.61. The van der Waals surface area contributed by atoms with Gasteiger partial charge in [0.25, 0.3) is 0 Å². The first kappa shape index (κ1) is 43.5. The van der Waals surface area contributed by atoms with Crippen LogP contribution in [0.15, 0.2) is 35.9 Å². The summed E-state index contributed by atoms with van der Waals surface area (Å²) in [6.45, 7) is 18.0. The smallest absolute Gasteiger partial charge is 0.330 e. The number of benzene rings is 1. The Balaban J connectivity index is 1.26. The molecule has 0 bridgehead atoms. The lowest BCUT2D eigenvalue weighted by Gasteiger charge is -2.70. The standard InChI is InChI=1S/C47H67NO8S/c1-11-54-38(50)15-13-29-12-14-34(53-9)35(26-29)55-41(52)44(5)22-21-43(4)23-24-46(7)30(31(43)28-44)27-33(49)39-45(6)19-17-37(56-40(51)32(48)18-25-57-10)42(2,3)36(45)16-20-47(39,46)8/h12-15,26-27,31-32,36-37,39H,11,16-25,28,48H2,1-10H3/b15-13+/t31-,32+,36+,37+,39-,43-,44+,45+,46-,47-/m1/s1. The second kappa shape index (κ2) is 15.8. The van der Waals surface area contributed by atoms with Gasteiger partial charge in [-0.1, -0.05) is 53.2 Å². The molecular formula is C47H67NO8S. The van der Waals surface area contributed by atoms with E-state index in [1.165, 1.54) is 18.8 Å². The first-order valence-electron chi connectivity index (χ1n) is 21.2. The Morgan fingerprint density at radius 2 is 1.68 bits per heavy atom. The predicted octanol–water partition coefficient (Wildman–Crippen LogP) is 9.15. The Kier molecular flexibility index (Phi) is 12.1. The number of fused-ring (bicyclic) bond motifs is 7. The fourth-order valence-electron chi connectivity index (χ4n) is 12.6. The molecule has 2 N–H and O–H groups in total. The van der Waals surface area contributed by atoms with Gasteiger partial charge < -0.3 is 24.7 Å². The molecule has 0 saturated heterocycles. The van der Waals surface area contributed by atoms with Crippen LogP contribution in [0, 0.1) is 50.2 Å². The number of rotatable bonds is 11. The Hall–Kier alpha value is -3.11. The quantitative estimate of drug-likeness (QED) is 0.131. The highest BCUT2D eigenvalue weighted by atomic mass is 32.2. The zero-order valence-electron chi connectivity index (χ0n) is 36.1. The molecular weight excluding hydrogens is 739 g/mol. The van der Waals surface area contributed by atoms with Crippen molar-refractivity contribution < 1.29 is 38.1 Å². The third kappa shape index (κ3) is 7.42. The molecule has 5 aliphatic carbocycles. The molecule has 4 fully saturated rings. The van der Waals surface area contributed by atoms with Crippen LogP contribution in [0.4, 0.5) is 0 Å².